The maximum absolute atomic E-state index is 12.4. The van der Waals surface area contributed by atoms with Crippen LogP contribution < -0.4 is 4.74 Å². The summed E-state index contributed by atoms with van der Waals surface area (Å²) >= 11 is 1.32. The summed E-state index contributed by atoms with van der Waals surface area (Å²) in [5.41, 5.74) is 2.98. The molecule has 0 aliphatic heterocycles. The summed E-state index contributed by atoms with van der Waals surface area (Å²) in [7, 11) is 1.55. The summed E-state index contributed by atoms with van der Waals surface area (Å²) in [6.45, 7) is 0. The Bertz CT molecular complexity index is 643. The number of carbonyl (C=O) groups is 1. The van der Waals surface area contributed by atoms with Crippen molar-refractivity contribution in [2.24, 2.45) is 0 Å². The van der Waals surface area contributed by atoms with Gasteiger partial charge in [-0.05, 0) is 17.5 Å². The van der Waals surface area contributed by atoms with Crippen molar-refractivity contribution >= 4 is 22.7 Å². The van der Waals surface area contributed by atoms with Crippen LogP contribution >= 0.6 is 11.3 Å². The number of fused-ring (bicyclic) bond motifs is 1. The molecule has 0 bridgehead atoms. The number of Topliss-reactive ketones (excluding diaryl/α,β-unsaturated/α-hetero) is 1. The lowest BCUT2D eigenvalue weighted by Gasteiger charge is -2.02. The first-order chi connectivity index (χ1) is 8.79. The van der Waals surface area contributed by atoms with Crippen molar-refractivity contribution < 1.29 is 9.53 Å². The molecule has 0 saturated carbocycles. The molecule has 0 amide bonds. The number of ether oxygens (including phenoxy) is 1. The van der Waals surface area contributed by atoms with Crippen LogP contribution in [-0.2, 0) is 6.42 Å². The average Bonchev–Trinajstić information content (AvgIpc) is 3.04. The fourth-order valence-corrected chi connectivity index (χ4v) is 2.79. The van der Waals surface area contributed by atoms with Crippen LogP contribution in [0.1, 0.15) is 20.9 Å². The Balaban J connectivity index is 1.95. The molecule has 90 valence electrons. The number of nitrogens with zero attached hydrogens (tertiary/aromatic N) is 1. The van der Waals surface area contributed by atoms with Crippen molar-refractivity contribution in [1.29, 1.82) is 0 Å². The fraction of sp³-hybridized carbons (Fsp3) is 0.143. The Morgan fingerprint density at radius 2 is 2.22 bits per heavy atom. The summed E-state index contributed by atoms with van der Waals surface area (Å²) in [6, 6.07) is 7.98. The van der Waals surface area contributed by atoms with Crippen molar-refractivity contribution in [3.63, 3.8) is 0 Å². The summed E-state index contributed by atoms with van der Waals surface area (Å²) < 4.78 is 5.00. The molecule has 1 aromatic heterocycles. The third kappa shape index (κ3) is 1.75. The highest BCUT2D eigenvalue weighted by Crippen LogP contribution is 2.31. The zero-order valence-electron chi connectivity index (χ0n) is 9.84. The summed E-state index contributed by atoms with van der Waals surface area (Å²) in [4.78, 5) is 16.5. The molecule has 18 heavy (non-hydrogen) atoms. The SMILES string of the molecule is COc1csc(C(=O)C2=CCc3ccccc32)n1. The topological polar surface area (TPSA) is 39.2 Å². The lowest BCUT2D eigenvalue weighted by Crippen LogP contribution is -2.01. The molecule has 3 rings (SSSR count). The van der Waals surface area contributed by atoms with Crippen molar-refractivity contribution in [3.8, 4) is 5.88 Å². The molecule has 0 N–H and O–H groups in total. The lowest BCUT2D eigenvalue weighted by molar-refractivity contribution is 0.105. The van der Waals surface area contributed by atoms with Crippen molar-refractivity contribution in [3.05, 3.63) is 51.9 Å². The summed E-state index contributed by atoms with van der Waals surface area (Å²) in [6.07, 6.45) is 2.79. The number of thiazole rings is 1. The first-order valence-corrected chi connectivity index (χ1v) is 6.50. The minimum atomic E-state index is -0.0201. The van der Waals surface area contributed by atoms with Crippen molar-refractivity contribution in [1.82, 2.24) is 4.98 Å². The standard InChI is InChI=1S/C14H11NO2S/c1-17-12-8-18-14(15-12)13(16)11-7-6-9-4-2-3-5-10(9)11/h2-5,7-8H,6H2,1H3. The number of methoxy groups -OCH3 is 1. The smallest absolute Gasteiger partial charge is 0.224 e. The van der Waals surface area contributed by atoms with Crippen LogP contribution in [0, 0.1) is 0 Å². The van der Waals surface area contributed by atoms with Gasteiger partial charge in [-0.25, -0.2) is 0 Å². The normalized spacial score (nSPS) is 13.1. The largest absolute Gasteiger partial charge is 0.480 e. The van der Waals surface area contributed by atoms with Crippen LogP contribution in [0.2, 0.25) is 0 Å². The maximum atomic E-state index is 12.4. The number of rotatable bonds is 3. The van der Waals surface area contributed by atoms with Gasteiger partial charge in [0.2, 0.25) is 11.7 Å². The maximum Gasteiger partial charge on any atom is 0.224 e. The second-order valence-electron chi connectivity index (χ2n) is 4.00. The van der Waals surface area contributed by atoms with Gasteiger partial charge in [0.25, 0.3) is 0 Å². The van der Waals surface area contributed by atoms with E-state index in [1.165, 1.54) is 16.9 Å². The minimum Gasteiger partial charge on any atom is -0.480 e. The monoisotopic (exact) mass is 257 g/mol. The molecule has 1 heterocycles. The van der Waals surface area contributed by atoms with Gasteiger partial charge in [0.1, 0.15) is 0 Å². The molecule has 4 heteroatoms. The van der Waals surface area contributed by atoms with Crippen LogP contribution in [0.25, 0.3) is 5.57 Å². The van der Waals surface area contributed by atoms with Gasteiger partial charge in [0.05, 0.1) is 12.5 Å². The summed E-state index contributed by atoms with van der Waals surface area (Å²) in [5.74, 6) is 0.475. The van der Waals surface area contributed by atoms with E-state index in [2.05, 4.69) is 11.1 Å². The van der Waals surface area contributed by atoms with Gasteiger partial charge in [-0.2, -0.15) is 4.98 Å². The van der Waals surface area contributed by atoms with E-state index in [9.17, 15) is 4.79 Å². The van der Waals surface area contributed by atoms with Gasteiger partial charge >= 0.3 is 0 Å². The Kier molecular flexibility index (Phi) is 2.72. The molecule has 2 aromatic rings. The predicted molar refractivity (Wildman–Crippen MR) is 71.1 cm³/mol. The molecule has 3 nitrogen and oxygen atoms in total. The van der Waals surface area contributed by atoms with Gasteiger partial charge in [-0.3, -0.25) is 4.79 Å². The highest BCUT2D eigenvalue weighted by atomic mass is 32.1. The van der Waals surface area contributed by atoms with E-state index in [0.717, 1.165) is 17.6 Å². The third-order valence-electron chi connectivity index (χ3n) is 2.96. The number of ketones is 1. The minimum absolute atomic E-state index is 0.0201. The summed E-state index contributed by atoms with van der Waals surface area (Å²) in [5, 5.41) is 2.23. The van der Waals surface area contributed by atoms with Crippen LogP contribution in [0.15, 0.2) is 35.7 Å². The number of benzene rings is 1. The predicted octanol–water partition coefficient (Wildman–Crippen LogP) is 2.97. The van der Waals surface area contributed by atoms with Gasteiger partial charge in [-0.15, -0.1) is 11.3 Å². The number of aromatic nitrogens is 1. The zero-order valence-corrected chi connectivity index (χ0v) is 10.7. The number of allylic oxidation sites excluding steroid dienone is 2. The van der Waals surface area contributed by atoms with E-state index in [0.29, 0.717) is 10.9 Å². The molecule has 0 atom stereocenters. The molecule has 1 aliphatic carbocycles. The lowest BCUT2D eigenvalue weighted by atomic mass is 10.0. The van der Waals surface area contributed by atoms with E-state index in [-0.39, 0.29) is 5.78 Å². The highest BCUT2D eigenvalue weighted by Gasteiger charge is 2.23. The van der Waals surface area contributed by atoms with Gasteiger partial charge < -0.3 is 4.74 Å². The van der Waals surface area contributed by atoms with Crippen LogP contribution in [0.4, 0.5) is 0 Å². The highest BCUT2D eigenvalue weighted by molar-refractivity contribution is 7.12. The third-order valence-corrected chi connectivity index (χ3v) is 3.78. The first-order valence-electron chi connectivity index (χ1n) is 5.62. The Morgan fingerprint density at radius 1 is 1.39 bits per heavy atom. The van der Waals surface area contributed by atoms with Gasteiger partial charge in [-0.1, -0.05) is 30.3 Å². The molecule has 1 aromatic carbocycles. The van der Waals surface area contributed by atoms with Crippen LogP contribution in [0.5, 0.6) is 5.88 Å². The molecule has 0 unspecified atom stereocenters. The van der Waals surface area contributed by atoms with E-state index >= 15 is 0 Å². The second-order valence-corrected chi connectivity index (χ2v) is 4.86. The van der Waals surface area contributed by atoms with Crippen LogP contribution in [0.3, 0.4) is 0 Å². The molecule has 1 aliphatic rings. The van der Waals surface area contributed by atoms with E-state index in [1.54, 1.807) is 12.5 Å². The average molecular weight is 257 g/mol. The van der Waals surface area contributed by atoms with Crippen molar-refractivity contribution in [2.45, 2.75) is 6.42 Å². The number of carbonyl (C=O) groups excluding carboxylic acids is 1. The molecule has 0 fully saturated rings. The van der Waals surface area contributed by atoms with Crippen LogP contribution in [-0.4, -0.2) is 17.9 Å². The Hall–Kier alpha value is -1.94. The van der Waals surface area contributed by atoms with E-state index in [1.807, 2.05) is 24.3 Å². The number of hydrogen-bond acceptors (Lipinski definition) is 4. The van der Waals surface area contributed by atoms with Gasteiger partial charge in [0, 0.05) is 5.57 Å². The quantitative estimate of drug-likeness (QED) is 0.793. The molecular weight excluding hydrogens is 246 g/mol. The molecule has 0 saturated heterocycles. The molecule has 0 spiro atoms. The first kappa shape index (κ1) is 11.2. The Labute approximate surface area is 109 Å². The van der Waals surface area contributed by atoms with E-state index in [4.69, 9.17) is 4.74 Å². The Morgan fingerprint density at radius 3 is 3.00 bits per heavy atom. The number of hydrogen-bond donors (Lipinski definition) is 0. The zero-order chi connectivity index (χ0) is 12.5. The van der Waals surface area contributed by atoms with E-state index < -0.39 is 0 Å². The van der Waals surface area contributed by atoms with Crippen molar-refractivity contribution in [2.75, 3.05) is 7.11 Å². The second kappa shape index (κ2) is 4.38. The molecular formula is C14H11NO2S. The fourth-order valence-electron chi connectivity index (χ4n) is 2.07. The van der Waals surface area contributed by atoms with Gasteiger partial charge in [0.15, 0.2) is 5.01 Å². The molecule has 0 radical (unpaired) electrons.